The number of rotatable bonds is 7. The molecule has 33 heavy (non-hydrogen) atoms. The molecule has 8 nitrogen and oxygen atoms in total. The Morgan fingerprint density at radius 3 is 2.52 bits per heavy atom. The summed E-state index contributed by atoms with van der Waals surface area (Å²) in [5.74, 6) is 1.45. The highest BCUT2D eigenvalue weighted by molar-refractivity contribution is 14.1. The standard InChI is InChI=1S/C24H19IN4O4/c25-32-14-15-4-6-17(7-5-15)33-21-12-20-19(27-24(28-20)18-3-1-2-10-26-18)11-16(21)13-29-22(30)8-9-23(29)31/h1-7,10-12H,8-9,13-14H2,(H,27,28). The first-order valence-corrected chi connectivity index (χ1v) is 11.3. The van der Waals surface area contributed by atoms with Crippen LogP contribution in [-0.2, 0) is 25.8 Å². The van der Waals surface area contributed by atoms with Gasteiger partial charge in [-0.15, -0.1) is 0 Å². The zero-order valence-corrected chi connectivity index (χ0v) is 19.6. The van der Waals surface area contributed by atoms with Gasteiger partial charge in [0, 0.05) is 30.7 Å². The number of hydrogen-bond donors (Lipinski definition) is 1. The van der Waals surface area contributed by atoms with Gasteiger partial charge in [-0.2, -0.15) is 0 Å². The monoisotopic (exact) mass is 554 g/mol. The van der Waals surface area contributed by atoms with E-state index in [2.05, 4.69) is 15.0 Å². The molecule has 1 saturated heterocycles. The Kier molecular flexibility index (Phi) is 6.05. The summed E-state index contributed by atoms with van der Waals surface area (Å²) in [5, 5.41) is 0. The molecule has 0 radical (unpaired) electrons. The summed E-state index contributed by atoms with van der Waals surface area (Å²) in [5.41, 5.74) is 3.92. The average Bonchev–Trinajstić information content (AvgIpc) is 3.39. The minimum Gasteiger partial charge on any atom is -0.457 e. The Labute approximate surface area is 203 Å². The molecule has 0 unspecified atom stereocenters. The van der Waals surface area contributed by atoms with Crippen molar-refractivity contribution in [1.29, 1.82) is 0 Å². The van der Waals surface area contributed by atoms with Crippen molar-refractivity contribution in [3.63, 3.8) is 0 Å². The number of amides is 2. The number of nitrogens with one attached hydrogen (secondary N) is 1. The lowest BCUT2D eigenvalue weighted by molar-refractivity contribution is -0.139. The van der Waals surface area contributed by atoms with Crippen molar-refractivity contribution in [2.24, 2.45) is 0 Å². The first-order valence-electron chi connectivity index (χ1n) is 10.4. The van der Waals surface area contributed by atoms with Crippen molar-refractivity contribution >= 4 is 45.9 Å². The van der Waals surface area contributed by atoms with Crippen LogP contribution >= 0.6 is 23.0 Å². The number of imidazole rings is 1. The van der Waals surface area contributed by atoms with Gasteiger partial charge in [0.15, 0.2) is 5.82 Å². The van der Waals surface area contributed by atoms with Crippen LogP contribution in [0, 0.1) is 0 Å². The summed E-state index contributed by atoms with van der Waals surface area (Å²) in [6.45, 7) is 0.641. The molecule has 2 aromatic heterocycles. The number of carbonyl (C=O) groups excluding carboxylic acids is 2. The summed E-state index contributed by atoms with van der Waals surface area (Å²) in [4.78, 5) is 38.0. The number of ether oxygens (including phenoxy) is 1. The van der Waals surface area contributed by atoms with Crippen LogP contribution in [0.1, 0.15) is 24.0 Å². The molecule has 0 aliphatic carbocycles. The molecule has 0 bridgehead atoms. The average molecular weight is 554 g/mol. The molecule has 0 saturated carbocycles. The summed E-state index contributed by atoms with van der Waals surface area (Å²) >= 11 is 1.86. The van der Waals surface area contributed by atoms with E-state index < -0.39 is 0 Å². The number of fused-ring (bicyclic) bond motifs is 1. The quantitative estimate of drug-likeness (QED) is 0.257. The summed E-state index contributed by atoms with van der Waals surface area (Å²) in [6, 6.07) is 16.9. The third-order valence-corrected chi connectivity index (χ3v) is 5.74. The van der Waals surface area contributed by atoms with Crippen molar-refractivity contribution < 1.29 is 17.4 Å². The fourth-order valence-electron chi connectivity index (χ4n) is 3.74. The molecular formula is C24H19IN4O4. The number of aromatic amines is 1. The first kappa shape index (κ1) is 21.5. The maximum Gasteiger partial charge on any atom is 0.230 e. The van der Waals surface area contributed by atoms with Gasteiger partial charge in [0.05, 0.1) is 24.2 Å². The Bertz CT molecular complexity index is 1310. The zero-order chi connectivity index (χ0) is 22.8. The lowest BCUT2D eigenvalue weighted by Gasteiger charge is -2.17. The van der Waals surface area contributed by atoms with Gasteiger partial charge < -0.3 is 12.8 Å². The number of likely N-dealkylation sites (tertiary alicyclic amines) is 1. The van der Waals surface area contributed by atoms with E-state index in [0.717, 1.165) is 16.8 Å². The molecule has 3 heterocycles. The largest absolute Gasteiger partial charge is 0.457 e. The number of imide groups is 1. The normalized spacial score (nSPS) is 13.8. The molecule has 5 rings (SSSR count). The van der Waals surface area contributed by atoms with E-state index >= 15 is 0 Å². The third kappa shape index (κ3) is 4.60. The van der Waals surface area contributed by atoms with Crippen LogP contribution in [0.3, 0.4) is 0 Å². The second-order valence-electron chi connectivity index (χ2n) is 7.65. The highest BCUT2D eigenvalue weighted by atomic mass is 127. The number of pyridine rings is 1. The van der Waals surface area contributed by atoms with E-state index in [9.17, 15) is 9.59 Å². The van der Waals surface area contributed by atoms with Crippen LogP contribution < -0.4 is 4.74 Å². The molecule has 2 aromatic carbocycles. The van der Waals surface area contributed by atoms with E-state index in [1.165, 1.54) is 4.90 Å². The fraction of sp³-hybridized carbons (Fsp3) is 0.167. The topological polar surface area (TPSA) is 97.4 Å². The van der Waals surface area contributed by atoms with E-state index in [1.807, 2.05) is 77.6 Å². The van der Waals surface area contributed by atoms with Crippen LogP contribution in [0.2, 0.25) is 0 Å². The Balaban J connectivity index is 1.53. The van der Waals surface area contributed by atoms with Gasteiger partial charge in [-0.05, 0) is 35.9 Å². The third-order valence-electron chi connectivity index (χ3n) is 5.43. The molecular weight excluding hydrogens is 535 g/mol. The number of benzene rings is 2. The van der Waals surface area contributed by atoms with Gasteiger partial charge in [-0.25, -0.2) is 4.98 Å². The maximum absolute atomic E-state index is 12.2. The smallest absolute Gasteiger partial charge is 0.230 e. The van der Waals surface area contributed by atoms with Crippen molar-refractivity contribution in [3.8, 4) is 23.0 Å². The van der Waals surface area contributed by atoms with Crippen molar-refractivity contribution in [3.05, 3.63) is 71.9 Å². The highest BCUT2D eigenvalue weighted by Crippen LogP contribution is 2.32. The van der Waals surface area contributed by atoms with E-state index in [-0.39, 0.29) is 31.2 Å². The van der Waals surface area contributed by atoms with Gasteiger partial charge in [0.2, 0.25) is 11.8 Å². The van der Waals surface area contributed by atoms with Gasteiger partial charge in [0.25, 0.3) is 0 Å². The van der Waals surface area contributed by atoms with E-state index in [0.29, 0.717) is 35.0 Å². The number of halogens is 1. The number of carbonyl (C=O) groups is 2. The van der Waals surface area contributed by atoms with Gasteiger partial charge in [-0.3, -0.25) is 19.5 Å². The molecule has 2 amide bonds. The maximum atomic E-state index is 12.2. The van der Waals surface area contributed by atoms with Crippen LogP contribution in [0.25, 0.3) is 22.6 Å². The van der Waals surface area contributed by atoms with E-state index in [1.54, 1.807) is 6.20 Å². The summed E-state index contributed by atoms with van der Waals surface area (Å²) < 4.78 is 11.3. The number of aromatic nitrogens is 3. The number of hydrogen-bond acceptors (Lipinski definition) is 6. The molecule has 4 aromatic rings. The van der Waals surface area contributed by atoms with Crippen molar-refractivity contribution in [2.75, 3.05) is 0 Å². The first-order chi connectivity index (χ1) is 16.1. The van der Waals surface area contributed by atoms with Crippen LogP contribution in [0.15, 0.2) is 60.8 Å². The Morgan fingerprint density at radius 2 is 1.82 bits per heavy atom. The minimum atomic E-state index is -0.173. The van der Waals surface area contributed by atoms with Gasteiger partial charge >= 0.3 is 0 Å². The van der Waals surface area contributed by atoms with Gasteiger partial charge in [-0.1, -0.05) is 18.2 Å². The van der Waals surface area contributed by atoms with Crippen LogP contribution in [-0.4, -0.2) is 31.7 Å². The summed E-state index contributed by atoms with van der Waals surface area (Å²) in [7, 11) is 0. The highest BCUT2D eigenvalue weighted by Gasteiger charge is 2.30. The second-order valence-corrected chi connectivity index (χ2v) is 8.27. The van der Waals surface area contributed by atoms with Gasteiger partial charge in [0.1, 0.15) is 40.2 Å². The predicted octanol–water partition coefficient (Wildman–Crippen LogP) is 4.93. The lowest BCUT2D eigenvalue weighted by atomic mass is 10.1. The predicted molar refractivity (Wildman–Crippen MR) is 129 cm³/mol. The van der Waals surface area contributed by atoms with E-state index in [4.69, 9.17) is 7.80 Å². The molecule has 0 spiro atoms. The second kappa shape index (κ2) is 9.28. The lowest BCUT2D eigenvalue weighted by Crippen LogP contribution is -2.28. The summed E-state index contributed by atoms with van der Waals surface area (Å²) in [6.07, 6.45) is 2.19. The Morgan fingerprint density at radius 1 is 1.03 bits per heavy atom. The van der Waals surface area contributed by atoms with Crippen molar-refractivity contribution in [1.82, 2.24) is 19.9 Å². The Hall–Kier alpha value is -3.31. The molecule has 9 heteroatoms. The molecule has 1 aliphatic rings. The van der Waals surface area contributed by atoms with Crippen LogP contribution in [0.5, 0.6) is 11.5 Å². The zero-order valence-electron chi connectivity index (χ0n) is 17.5. The molecule has 1 fully saturated rings. The fourth-order valence-corrected chi connectivity index (χ4v) is 4.10. The molecule has 1 N–H and O–H groups in total. The SMILES string of the molecule is O=C1CCC(=O)N1Cc1cc2[nH]c(-c3ccccn3)nc2cc1Oc1ccc(COI)cc1. The molecule has 1 aliphatic heterocycles. The van der Waals surface area contributed by atoms with Crippen molar-refractivity contribution in [2.45, 2.75) is 26.0 Å². The minimum absolute atomic E-state index is 0.141. The molecule has 0 atom stereocenters. The molecule has 166 valence electrons. The van der Waals surface area contributed by atoms with Crippen LogP contribution in [0.4, 0.5) is 0 Å². The number of H-pyrrole nitrogens is 1. The number of nitrogens with zero attached hydrogens (tertiary/aromatic N) is 3.